The van der Waals surface area contributed by atoms with Crippen LogP contribution < -0.4 is 10.6 Å². The van der Waals surface area contributed by atoms with Crippen LogP contribution in [0.4, 0.5) is 10.1 Å². The molecule has 0 unspecified atom stereocenters. The van der Waals surface area contributed by atoms with E-state index in [1.165, 1.54) is 16.7 Å². The maximum Gasteiger partial charge on any atom is 0.293 e. The molecule has 2 amide bonds. The number of aromatic nitrogens is 1. The van der Waals surface area contributed by atoms with Gasteiger partial charge in [0.2, 0.25) is 0 Å². The number of halogens is 1. The smallest absolute Gasteiger partial charge is 0.293 e. The maximum atomic E-state index is 13.5. The summed E-state index contributed by atoms with van der Waals surface area (Å²) < 4.78 is 20.0. The summed E-state index contributed by atoms with van der Waals surface area (Å²) in [5.74, 6) is -0.558. The van der Waals surface area contributed by atoms with E-state index in [0.29, 0.717) is 11.3 Å². The maximum absolute atomic E-state index is 13.5. The van der Waals surface area contributed by atoms with E-state index >= 15 is 0 Å². The molecule has 0 bridgehead atoms. The van der Waals surface area contributed by atoms with Gasteiger partial charge in [-0.3, -0.25) is 14.4 Å². The lowest BCUT2D eigenvalue weighted by Gasteiger charge is -2.37. The normalized spacial score (nSPS) is 14.0. The van der Waals surface area contributed by atoms with Crippen LogP contribution in [0.2, 0.25) is 0 Å². The number of ether oxygens (including phenoxy) is 1. The average molecular weight is 422 g/mol. The minimum Gasteiger partial charge on any atom is -0.374 e. The molecule has 1 aromatic heterocycles. The van der Waals surface area contributed by atoms with Gasteiger partial charge < -0.3 is 19.9 Å². The largest absolute Gasteiger partial charge is 0.374 e. The molecule has 0 atom stereocenters. The van der Waals surface area contributed by atoms with Gasteiger partial charge >= 0.3 is 0 Å². The molecule has 1 fully saturated rings. The summed E-state index contributed by atoms with van der Waals surface area (Å²) in [5.41, 5.74) is -0.0474. The third kappa shape index (κ3) is 3.79. The fourth-order valence-electron chi connectivity index (χ4n) is 3.40. The topological polar surface area (TPSA) is 113 Å². The molecule has 9 heteroatoms. The summed E-state index contributed by atoms with van der Waals surface area (Å²) in [5, 5.41) is 14.1. The van der Waals surface area contributed by atoms with Crippen molar-refractivity contribution in [3.8, 4) is 18.4 Å². The number of hydrogen-bond donors (Lipinski definition) is 2. The number of carbonyl (C=O) groups is 3. The number of nitriles is 1. The predicted molar refractivity (Wildman–Crippen MR) is 109 cm³/mol. The van der Waals surface area contributed by atoms with Crippen molar-refractivity contribution in [3.05, 3.63) is 52.1 Å². The molecule has 0 radical (unpaired) electrons. The summed E-state index contributed by atoms with van der Waals surface area (Å²) in [4.78, 5) is 38.2. The van der Waals surface area contributed by atoms with Crippen molar-refractivity contribution in [2.75, 3.05) is 18.5 Å². The van der Waals surface area contributed by atoms with Crippen LogP contribution in [0.3, 0.4) is 0 Å². The average Bonchev–Trinajstić information content (AvgIpc) is 2.93. The fourth-order valence-corrected chi connectivity index (χ4v) is 3.40. The number of rotatable bonds is 5. The number of amides is 2. The Balaban J connectivity index is 1.89. The van der Waals surface area contributed by atoms with E-state index in [1.807, 2.05) is 0 Å². The van der Waals surface area contributed by atoms with Crippen molar-refractivity contribution < 1.29 is 23.5 Å². The Morgan fingerprint density at radius 1 is 1.29 bits per heavy atom. The van der Waals surface area contributed by atoms with Crippen molar-refractivity contribution >= 4 is 23.3 Å². The molecule has 2 aromatic rings. The first-order valence-corrected chi connectivity index (χ1v) is 9.23. The van der Waals surface area contributed by atoms with Crippen LogP contribution in [0.5, 0.6) is 0 Å². The van der Waals surface area contributed by atoms with E-state index in [-0.39, 0.29) is 35.7 Å². The van der Waals surface area contributed by atoms with Gasteiger partial charge in [-0.15, -0.1) is 6.42 Å². The van der Waals surface area contributed by atoms with E-state index < -0.39 is 29.0 Å². The molecule has 0 spiro atoms. The SMILES string of the molecule is C#CC1(NC(=O)C(=O)c2c(C)c(C(=O)Nc3ccc(F)c(C#N)c3)n(C)c2C)COC1. The third-order valence-electron chi connectivity index (χ3n) is 5.25. The second kappa shape index (κ2) is 8.05. The Morgan fingerprint density at radius 3 is 2.52 bits per heavy atom. The standard InChI is InChI=1S/C22H19FN4O4/c1-5-22(10-31-11-22)26-21(30)19(28)17-12(2)18(27(4)13(17)3)20(29)25-15-6-7-16(23)14(8-15)9-24/h1,6-8H,10-11H2,2-4H3,(H,25,29)(H,26,30). The highest BCUT2D eigenvalue weighted by Crippen LogP contribution is 2.24. The number of terminal acetylenes is 1. The van der Waals surface area contributed by atoms with Crippen molar-refractivity contribution in [2.45, 2.75) is 19.4 Å². The Labute approximate surface area is 178 Å². The van der Waals surface area contributed by atoms with Gasteiger partial charge in [0.15, 0.2) is 0 Å². The molecule has 2 N–H and O–H groups in total. The minimum absolute atomic E-state index is 0.0920. The van der Waals surface area contributed by atoms with Gasteiger partial charge in [0.05, 0.1) is 24.3 Å². The van der Waals surface area contributed by atoms with E-state index in [0.717, 1.165) is 6.07 Å². The lowest BCUT2D eigenvalue weighted by Crippen LogP contribution is -2.62. The molecular formula is C22H19FN4O4. The molecule has 0 saturated carbocycles. The lowest BCUT2D eigenvalue weighted by molar-refractivity contribution is -0.124. The summed E-state index contributed by atoms with van der Waals surface area (Å²) in [6, 6.07) is 5.30. The van der Waals surface area contributed by atoms with E-state index in [2.05, 4.69) is 16.6 Å². The first-order chi connectivity index (χ1) is 14.6. The summed E-state index contributed by atoms with van der Waals surface area (Å²) in [6.07, 6.45) is 5.43. The van der Waals surface area contributed by atoms with E-state index in [4.69, 9.17) is 16.4 Å². The van der Waals surface area contributed by atoms with Gasteiger partial charge in [0, 0.05) is 18.4 Å². The van der Waals surface area contributed by atoms with Gasteiger partial charge in [0.1, 0.15) is 23.1 Å². The Hall–Kier alpha value is -3.95. The summed E-state index contributed by atoms with van der Waals surface area (Å²) >= 11 is 0. The van der Waals surface area contributed by atoms with Crippen molar-refractivity contribution in [1.29, 1.82) is 5.26 Å². The van der Waals surface area contributed by atoms with Crippen LogP contribution in [0.15, 0.2) is 18.2 Å². The number of carbonyl (C=O) groups excluding carboxylic acids is 3. The van der Waals surface area contributed by atoms with Gasteiger partial charge in [-0.1, -0.05) is 5.92 Å². The minimum atomic E-state index is -1.01. The second-order valence-corrected chi connectivity index (χ2v) is 7.26. The third-order valence-corrected chi connectivity index (χ3v) is 5.25. The molecule has 31 heavy (non-hydrogen) atoms. The van der Waals surface area contributed by atoms with Crippen molar-refractivity contribution in [3.63, 3.8) is 0 Å². The molecule has 1 aliphatic heterocycles. The van der Waals surface area contributed by atoms with Gasteiger partial charge in [-0.05, 0) is 37.6 Å². The number of anilines is 1. The zero-order valence-electron chi connectivity index (χ0n) is 17.1. The summed E-state index contributed by atoms with van der Waals surface area (Å²) in [6.45, 7) is 3.40. The van der Waals surface area contributed by atoms with E-state index in [1.54, 1.807) is 27.0 Å². The highest BCUT2D eigenvalue weighted by Gasteiger charge is 2.40. The Kier molecular flexibility index (Phi) is 5.65. The molecule has 2 heterocycles. The Morgan fingerprint density at radius 2 is 1.97 bits per heavy atom. The Bertz CT molecular complexity index is 1200. The molecule has 8 nitrogen and oxygen atoms in total. The number of ketones is 1. The second-order valence-electron chi connectivity index (χ2n) is 7.26. The summed E-state index contributed by atoms with van der Waals surface area (Å²) in [7, 11) is 1.58. The fraction of sp³-hybridized carbons (Fsp3) is 0.273. The van der Waals surface area contributed by atoms with Crippen LogP contribution in [0.1, 0.15) is 37.7 Å². The van der Waals surface area contributed by atoms with Crippen LogP contribution in [0.25, 0.3) is 0 Å². The molecule has 1 saturated heterocycles. The monoisotopic (exact) mass is 422 g/mol. The number of nitrogens with zero attached hydrogens (tertiary/aromatic N) is 2. The molecule has 0 aliphatic carbocycles. The number of benzene rings is 1. The van der Waals surface area contributed by atoms with Crippen LogP contribution in [0, 0.1) is 43.3 Å². The molecular weight excluding hydrogens is 403 g/mol. The zero-order valence-corrected chi connectivity index (χ0v) is 17.1. The first-order valence-electron chi connectivity index (χ1n) is 9.23. The lowest BCUT2D eigenvalue weighted by atomic mass is 9.97. The van der Waals surface area contributed by atoms with Crippen molar-refractivity contribution in [1.82, 2.24) is 9.88 Å². The molecule has 158 valence electrons. The van der Waals surface area contributed by atoms with Crippen LogP contribution in [-0.2, 0) is 16.6 Å². The molecule has 3 rings (SSSR count). The highest BCUT2D eigenvalue weighted by molar-refractivity contribution is 6.44. The van der Waals surface area contributed by atoms with Gasteiger partial charge in [-0.25, -0.2) is 4.39 Å². The van der Waals surface area contributed by atoms with Crippen LogP contribution >= 0.6 is 0 Å². The quantitative estimate of drug-likeness (QED) is 0.432. The van der Waals surface area contributed by atoms with Gasteiger partial charge in [-0.2, -0.15) is 5.26 Å². The number of nitrogens with one attached hydrogen (secondary N) is 2. The van der Waals surface area contributed by atoms with Gasteiger partial charge in [0.25, 0.3) is 17.6 Å². The predicted octanol–water partition coefficient (Wildman–Crippen LogP) is 1.61. The molecule has 1 aromatic carbocycles. The number of Topliss-reactive ketones (excluding diaryl/α,β-unsaturated/α-hetero) is 1. The van der Waals surface area contributed by atoms with Crippen molar-refractivity contribution in [2.24, 2.45) is 7.05 Å². The van der Waals surface area contributed by atoms with Crippen LogP contribution in [-0.4, -0.2) is 40.9 Å². The zero-order chi connectivity index (χ0) is 22.9. The highest BCUT2D eigenvalue weighted by atomic mass is 19.1. The van der Waals surface area contributed by atoms with E-state index in [9.17, 15) is 18.8 Å². The molecule has 1 aliphatic rings. The first kappa shape index (κ1) is 21.8. The number of hydrogen-bond acceptors (Lipinski definition) is 5.